The molecule has 6 rings (SSSR count). The molecule has 28 heavy (non-hydrogen) atoms. The number of anilines is 1. The normalized spacial score (nSPS) is 30.0. The fourth-order valence-electron chi connectivity index (χ4n) is 4.80. The minimum Gasteiger partial charge on any atom is -0.370 e. The Morgan fingerprint density at radius 3 is 2.89 bits per heavy atom. The first kappa shape index (κ1) is 18.0. The number of hydrogen-bond acceptors (Lipinski definition) is 6. The third-order valence-corrected chi connectivity index (χ3v) is 7.35. The van der Waals surface area contributed by atoms with Gasteiger partial charge in [-0.15, -0.1) is 11.3 Å². The average Bonchev–Trinajstić information content (AvgIpc) is 3.14. The highest BCUT2D eigenvalue weighted by molar-refractivity contribution is 7.17. The number of piperidine rings is 3. The second-order valence-electron chi connectivity index (χ2n) is 7.90. The molecule has 0 aromatic carbocycles. The summed E-state index contributed by atoms with van der Waals surface area (Å²) in [5.74, 6) is 0.378. The van der Waals surface area contributed by atoms with Gasteiger partial charge in [-0.3, -0.25) is 14.5 Å². The quantitative estimate of drug-likeness (QED) is 0.851. The number of nitrogens with one attached hydrogen (secondary N) is 1. The van der Waals surface area contributed by atoms with Crippen LogP contribution in [0, 0.1) is 5.92 Å². The summed E-state index contributed by atoms with van der Waals surface area (Å²) in [5, 5.41) is 6.11. The zero-order valence-electron chi connectivity index (χ0n) is 15.9. The van der Waals surface area contributed by atoms with Gasteiger partial charge in [0.25, 0.3) is 11.8 Å². The number of rotatable bonds is 3. The molecule has 2 atom stereocenters. The number of ether oxygens (including phenoxy) is 1. The maximum absolute atomic E-state index is 13.0. The summed E-state index contributed by atoms with van der Waals surface area (Å²) in [4.78, 5) is 33.8. The standard InChI is InChI=1S/C20H24N4O3S/c1-12-19(13-2-4-23(12)5-3-13)22-20(26)15-8-14-16(11-28-17(14)9-21-15)24-6-7-27-10-18(24)25/h8-9,11-13,19H,2-7,10H2,1H3,(H,22,26)/t12-,19+/m1/s1. The van der Waals surface area contributed by atoms with Crippen LogP contribution in [0.3, 0.4) is 0 Å². The van der Waals surface area contributed by atoms with E-state index in [1.54, 1.807) is 22.4 Å². The van der Waals surface area contributed by atoms with Crippen molar-refractivity contribution in [3.63, 3.8) is 0 Å². The Balaban J connectivity index is 1.40. The van der Waals surface area contributed by atoms with Crippen LogP contribution in [0.2, 0.25) is 0 Å². The van der Waals surface area contributed by atoms with Gasteiger partial charge in [-0.25, -0.2) is 4.98 Å². The molecule has 1 N–H and O–H groups in total. The zero-order valence-corrected chi connectivity index (χ0v) is 16.7. The SMILES string of the molecule is C[C@@H]1[C@H](NC(=O)c2cc3c(N4CCOCC4=O)csc3cn2)C2CCN1CC2. The van der Waals surface area contributed by atoms with E-state index in [1.165, 1.54) is 0 Å². The number of pyridine rings is 1. The van der Waals surface area contributed by atoms with Crippen LogP contribution in [-0.2, 0) is 9.53 Å². The Hall–Kier alpha value is -2.03. The molecule has 4 aliphatic rings. The van der Waals surface area contributed by atoms with Gasteiger partial charge in [0.1, 0.15) is 12.3 Å². The van der Waals surface area contributed by atoms with Crippen molar-refractivity contribution in [2.45, 2.75) is 31.8 Å². The van der Waals surface area contributed by atoms with Crippen molar-refractivity contribution >= 4 is 38.9 Å². The van der Waals surface area contributed by atoms with E-state index < -0.39 is 0 Å². The lowest BCUT2D eigenvalue weighted by molar-refractivity contribution is -0.125. The minimum atomic E-state index is -0.127. The molecular weight excluding hydrogens is 376 g/mol. The molecule has 0 radical (unpaired) electrons. The number of fused-ring (bicyclic) bond motifs is 4. The lowest BCUT2D eigenvalue weighted by Crippen LogP contribution is -2.62. The minimum absolute atomic E-state index is 0.0464. The highest BCUT2D eigenvalue weighted by Crippen LogP contribution is 2.35. The topological polar surface area (TPSA) is 74.8 Å². The monoisotopic (exact) mass is 400 g/mol. The molecule has 0 saturated carbocycles. The molecule has 7 nitrogen and oxygen atoms in total. The number of thiophene rings is 1. The lowest BCUT2D eigenvalue weighted by Gasteiger charge is -2.49. The van der Waals surface area contributed by atoms with Crippen molar-refractivity contribution < 1.29 is 14.3 Å². The van der Waals surface area contributed by atoms with E-state index in [4.69, 9.17) is 4.74 Å². The second kappa shape index (κ2) is 7.09. The van der Waals surface area contributed by atoms with Crippen LogP contribution >= 0.6 is 11.3 Å². The van der Waals surface area contributed by atoms with Gasteiger partial charge in [-0.2, -0.15) is 0 Å². The van der Waals surface area contributed by atoms with E-state index in [-0.39, 0.29) is 24.5 Å². The van der Waals surface area contributed by atoms with Crippen LogP contribution in [0.15, 0.2) is 17.6 Å². The second-order valence-corrected chi connectivity index (χ2v) is 8.81. The van der Waals surface area contributed by atoms with Crippen molar-refractivity contribution in [1.29, 1.82) is 0 Å². The third-order valence-electron chi connectivity index (χ3n) is 6.43. The molecular formula is C20H24N4O3S. The van der Waals surface area contributed by atoms with Crippen LogP contribution in [0.25, 0.3) is 10.1 Å². The number of aromatic nitrogens is 1. The molecule has 4 aliphatic heterocycles. The fraction of sp³-hybridized carbons (Fsp3) is 0.550. The van der Waals surface area contributed by atoms with E-state index in [0.717, 1.165) is 41.7 Å². The highest BCUT2D eigenvalue weighted by atomic mass is 32.1. The van der Waals surface area contributed by atoms with Crippen LogP contribution in [0.5, 0.6) is 0 Å². The Labute approximate surface area is 167 Å². The van der Waals surface area contributed by atoms with Gasteiger partial charge in [0, 0.05) is 35.6 Å². The number of hydrogen-bond donors (Lipinski definition) is 1. The van der Waals surface area contributed by atoms with E-state index in [9.17, 15) is 9.59 Å². The summed E-state index contributed by atoms with van der Waals surface area (Å²) in [6.07, 6.45) is 4.04. The van der Waals surface area contributed by atoms with Crippen molar-refractivity contribution in [3.8, 4) is 0 Å². The molecule has 8 heteroatoms. The van der Waals surface area contributed by atoms with Gasteiger partial charge in [-0.05, 0) is 44.8 Å². The maximum Gasteiger partial charge on any atom is 0.270 e. The number of carbonyl (C=O) groups excluding carboxylic acids is 2. The van der Waals surface area contributed by atoms with Crippen LogP contribution < -0.4 is 10.2 Å². The molecule has 4 fully saturated rings. The molecule has 4 saturated heterocycles. The van der Waals surface area contributed by atoms with Gasteiger partial charge >= 0.3 is 0 Å². The summed E-state index contributed by atoms with van der Waals surface area (Å²) >= 11 is 1.54. The molecule has 0 spiro atoms. The van der Waals surface area contributed by atoms with Crippen molar-refractivity contribution in [2.24, 2.45) is 5.92 Å². The van der Waals surface area contributed by atoms with Gasteiger partial charge in [-0.1, -0.05) is 0 Å². The van der Waals surface area contributed by atoms with Gasteiger partial charge in [0.2, 0.25) is 0 Å². The summed E-state index contributed by atoms with van der Waals surface area (Å²) < 4.78 is 6.21. The fourth-order valence-corrected chi connectivity index (χ4v) is 5.69. The van der Waals surface area contributed by atoms with Gasteiger partial charge in [0.15, 0.2) is 0 Å². The predicted molar refractivity (Wildman–Crippen MR) is 108 cm³/mol. The Bertz CT molecular complexity index is 919. The van der Waals surface area contributed by atoms with Crippen molar-refractivity contribution in [1.82, 2.24) is 15.2 Å². The number of morpholine rings is 1. The third kappa shape index (κ3) is 3.00. The summed E-state index contributed by atoms with van der Waals surface area (Å²) in [6, 6.07) is 2.36. The van der Waals surface area contributed by atoms with Gasteiger partial charge < -0.3 is 15.0 Å². The lowest BCUT2D eigenvalue weighted by atomic mass is 9.79. The molecule has 2 bridgehead atoms. The first-order valence-corrected chi connectivity index (χ1v) is 10.8. The van der Waals surface area contributed by atoms with Crippen LogP contribution in [0.1, 0.15) is 30.3 Å². The first-order valence-electron chi connectivity index (χ1n) is 9.92. The smallest absolute Gasteiger partial charge is 0.270 e. The Morgan fingerprint density at radius 1 is 1.32 bits per heavy atom. The first-order chi connectivity index (χ1) is 13.6. The van der Waals surface area contributed by atoms with Crippen LogP contribution in [0.4, 0.5) is 5.69 Å². The average molecular weight is 401 g/mol. The molecule has 0 aliphatic carbocycles. The van der Waals surface area contributed by atoms with Crippen molar-refractivity contribution in [3.05, 3.63) is 23.3 Å². The molecule has 2 aromatic rings. The predicted octanol–water partition coefficient (Wildman–Crippen LogP) is 1.87. The highest BCUT2D eigenvalue weighted by Gasteiger charge is 2.40. The number of carbonyl (C=O) groups is 2. The summed E-state index contributed by atoms with van der Waals surface area (Å²) in [5.41, 5.74) is 1.26. The molecule has 2 aromatic heterocycles. The molecule has 6 heterocycles. The van der Waals surface area contributed by atoms with E-state index >= 15 is 0 Å². The Kier molecular flexibility index (Phi) is 4.57. The molecule has 0 unspecified atom stereocenters. The zero-order chi connectivity index (χ0) is 19.3. The van der Waals surface area contributed by atoms with E-state index in [2.05, 4.69) is 22.1 Å². The summed E-state index contributed by atoms with van der Waals surface area (Å²) in [7, 11) is 0. The number of amides is 2. The molecule has 148 valence electrons. The summed E-state index contributed by atoms with van der Waals surface area (Å²) in [6.45, 7) is 5.63. The van der Waals surface area contributed by atoms with E-state index in [1.807, 2.05) is 11.4 Å². The molecule has 2 amide bonds. The van der Waals surface area contributed by atoms with E-state index in [0.29, 0.717) is 30.8 Å². The van der Waals surface area contributed by atoms with Crippen LogP contribution in [-0.4, -0.2) is 66.6 Å². The van der Waals surface area contributed by atoms with Gasteiger partial charge in [0.05, 0.1) is 17.0 Å². The number of nitrogens with zero attached hydrogens (tertiary/aromatic N) is 3. The van der Waals surface area contributed by atoms with Crippen molar-refractivity contribution in [2.75, 3.05) is 37.7 Å². The largest absolute Gasteiger partial charge is 0.370 e. The Morgan fingerprint density at radius 2 is 2.14 bits per heavy atom. The maximum atomic E-state index is 13.0.